The van der Waals surface area contributed by atoms with Gasteiger partial charge in [0.2, 0.25) is 0 Å². The van der Waals surface area contributed by atoms with Gasteiger partial charge in [-0.3, -0.25) is 9.59 Å². The largest absolute Gasteiger partial charge is 0.497 e. The van der Waals surface area contributed by atoms with Crippen LogP contribution in [0.1, 0.15) is 34.3 Å². The third-order valence-corrected chi connectivity index (χ3v) is 3.65. The maximum Gasteiger partial charge on any atom is 0.318 e. The molecule has 1 atom stereocenters. The summed E-state index contributed by atoms with van der Waals surface area (Å²) in [5.41, 5.74) is 1.89. The minimum atomic E-state index is -0.330. The van der Waals surface area contributed by atoms with Crippen LogP contribution < -0.4 is 9.47 Å². The Morgan fingerprint density at radius 2 is 1.76 bits per heavy atom. The molecule has 0 saturated heterocycles. The lowest BCUT2D eigenvalue weighted by atomic mass is 9.96. The van der Waals surface area contributed by atoms with Gasteiger partial charge in [0.05, 0.1) is 13.0 Å². The predicted molar refractivity (Wildman–Crippen MR) is 76.9 cm³/mol. The zero-order chi connectivity index (χ0) is 15.0. The van der Waals surface area contributed by atoms with E-state index in [-0.39, 0.29) is 17.7 Å². The maximum atomic E-state index is 12.5. The van der Waals surface area contributed by atoms with Crippen molar-refractivity contribution in [2.75, 3.05) is 7.11 Å². The first kappa shape index (κ1) is 13.4. The molecule has 1 aliphatic rings. The zero-order valence-corrected chi connectivity index (χ0v) is 11.8. The second-order valence-corrected chi connectivity index (χ2v) is 4.95. The lowest BCUT2D eigenvalue weighted by Gasteiger charge is -2.05. The number of hydrogen-bond acceptors (Lipinski definition) is 4. The molecular weight excluding hydrogens is 268 g/mol. The van der Waals surface area contributed by atoms with Crippen LogP contribution in [0.5, 0.6) is 11.5 Å². The summed E-state index contributed by atoms with van der Waals surface area (Å²) in [6.07, 6.45) is 0. The van der Waals surface area contributed by atoms with Crippen molar-refractivity contribution in [2.45, 2.75) is 12.8 Å². The van der Waals surface area contributed by atoms with Crippen LogP contribution >= 0.6 is 0 Å². The van der Waals surface area contributed by atoms with Gasteiger partial charge in [0.1, 0.15) is 11.5 Å². The summed E-state index contributed by atoms with van der Waals surface area (Å²) in [5.74, 6) is 0.543. The average Bonchev–Trinajstić information content (AvgIpc) is 2.81. The van der Waals surface area contributed by atoms with E-state index in [0.717, 1.165) is 5.56 Å². The number of rotatable bonds is 3. The average molecular weight is 282 g/mol. The molecule has 4 heteroatoms. The quantitative estimate of drug-likeness (QED) is 0.493. The highest BCUT2D eigenvalue weighted by Gasteiger charge is 2.29. The van der Waals surface area contributed by atoms with Crippen LogP contribution in [-0.2, 0) is 4.79 Å². The molecule has 0 aliphatic carbocycles. The Hall–Kier alpha value is -2.62. The van der Waals surface area contributed by atoms with Crippen molar-refractivity contribution in [3.63, 3.8) is 0 Å². The molecule has 0 fully saturated rings. The van der Waals surface area contributed by atoms with Crippen molar-refractivity contribution >= 4 is 11.8 Å². The fourth-order valence-electron chi connectivity index (χ4n) is 2.35. The Kier molecular flexibility index (Phi) is 3.22. The topological polar surface area (TPSA) is 52.6 Å². The minimum Gasteiger partial charge on any atom is -0.497 e. The van der Waals surface area contributed by atoms with Gasteiger partial charge in [-0.15, -0.1) is 0 Å². The number of carbonyl (C=O) groups excluding carboxylic acids is 2. The molecule has 1 aliphatic heterocycles. The molecule has 2 aromatic rings. The number of fused-ring (bicyclic) bond motifs is 1. The number of carbonyl (C=O) groups is 2. The van der Waals surface area contributed by atoms with Crippen LogP contribution in [-0.4, -0.2) is 18.9 Å². The third kappa shape index (κ3) is 2.29. The van der Waals surface area contributed by atoms with Gasteiger partial charge in [-0.2, -0.15) is 0 Å². The van der Waals surface area contributed by atoms with Crippen molar-refractivity contribution in [1.29, 1.82) is 0 Å². The molecule has 1 heterocycles. The van der Waals surface area contributed by atoms with Gasteiger partial charge in [-0.1, -0.05) is 0 Å². The number of methoxy groups -OCH3 is 1. The van der Waals surface area contributed by atoms with Crippen LogP contribution in [0.4, 0.5) is 0 Å². The van der Waals surface area contributed by atoms with Gasteiger partial charge in [-0.05, 0) is 49.4 Å². The van der Waals surface area contributed by atoms with Crippen LogP contribution in [0, 0.1) is 0 Å². The summed E-state index contributed by atoms with van der Waals surface area (Å²) in [5, 5.41) is 0. The third-order valence-electron chi connectivity index (χ3n) is 3.65. The summed E-state index contributed by atoms with van der Waals surface area (Å²) in [4.78, 5) is 24.0. The van der Waals surface area contributed by atoms with E-state index >= 15 is 0 Å². The predicted octanol–water partition coefficient (Wildman–Crippen LogP) is 2.95. The highest BCUT2D eigenvalue weighted by Crippen LogP contribution is 2.35. The Balaban J connectivity index is 1.94. The zero-order valence-electron chi connectivity index (χ0n) is 11.8. The normalized spacial score (nSPS) is 16.3. The SMILES string of the molecule is COc1ccc(C(=O)c2ccc3c(c2)C(C)C(=O)O3)cc1. The number of esters is 1. The highest BCUT2D eigenvalue weighted by atomic mass is 16.5. The number of ether oxygens (including phenoxy) is 2. The Morgan fingerprint density at radius 1 is 1.10 bits per heavy atom. The summed E-state index contributed by atoms with van der Waals surface area (Å²) < 4.78 is 10.2. The van der Waals surface area contributed by atoms with Crippen molar-refractivity contribution in [2.24, 2.45) is 0 Å². The van der Waals surface area contributed by atoms with Crippen molar-refractivity contribution in [1.82, 2.24) is 0 Å². The summed E-state index contributed by atoms with van der Waals surface area (Å²) >= 11 is 0. The maximum absolute atomic E-state index is 12.5. The van der Waals surface area contributed by atoms with E-state index in [1.54, 1.807) is 56.5 Å². The fraction of sp³-hybridized carbons (Fsp3) is 0.176. The van der Waals surface area contributed by atoms with E-state index in [0.29, 0.717) is 22.6 Å². The van der Waals surface area contributed by atoms with Gasteiger partial charge in [0.25, 0.3) is 0 Å². The molecule has 0 bridgehead atoms. The van der Waals surface area contributed by atoms with E-state index < -0.39 is 0 Å². The molecule has 21 heavy (non-hydrogen) atoms. The first-order chi connectivity index (χ1) is 10.1. The minimum absolute atomic E-state index is 0.0907. The molecule has 2 aromatic carbocycles. The Bertz CT molecular complexity index is 716. The van der Waals surface area contributed by atoms with Crippen LogP contribution in [0.2, 0.25) is 0 Å². The standard InChI is InChI=1S/C17H14O4/c1-10-14-9-12(5-8-15(14)21-17(10)19)16(18)11-3-6-13(20-2)7-4-11/h3-10H,1-2H3. The number of hydrogen-bond donors (Lipinski definition) is 0. The van der Waals surface area contributed by atoms with Crippen molar-refractivity contribution in [3.8, 4) is 11.5 Å². The second kappa shape index (κ2) is 5.05. The van der Waals surface area contributed by atoms with E-state index in [9.17, 15) is 9.59 Å². The molecule has 1 unspecified atom stereocenters. The van der Waals surface area contributed by atoms with Crippen LogP contribution in [0.15, 0.2) is 42.5 Å². The van der Waals surface area contributed by atoms with E-state index in [1.807, 2.05) is 0 Å². The number of ketones is 1. The Labute approximate surface area is 122 Å². The molecule has 4 nitrogen and oxygen atoms in total. The van der Waals surface area contributed by atoms with E-state index in [4.69, 9.17) is 9.47 Å². The Morgan fingerprint density at radius 3 is 2.43 bits per heavy atom. The monoisotopic (exact) mass is 282 g/mol. The summed E-state index contributed by atoms with van der Waals surface area (Å²) in [7, 11) is 1.58. The van der Waals surface area contributed by atoms with Gasteiger partial charge >= 0.3 is 5.97 Å². The lowest BCUT2D eigenvalue weighted by Crippen LogP contribution is -2.06. The van der Waals surface area contributed by atoms with Crippen LogP contribution in [0.3, 0.4) is 0 Å². The lowest BCUT2D eigenvalue weighted by molar-refractivity contribution is -0.133. The fourth-order valence-corrected chi connectivity index (χ4v) is 2.35. The van der Waals surface area contributed by atoms with Crippen LogP contribution in [0.25, 0.3) is 0 Å². The molecular formula is C17H14O4. The van der Waals surface area contributed by atoms with E-state index in [1.165, 1.54) is 0 Å². The first-order valence-corrected chi connectivity index (χ1v) is 6.64. The molecule has 0 aromatic heterocycles. The molecule has 0 spiro atoms. The molecule has 0 N–H and O–H groups in total. The van der Waals surface area contributed by atoms with E-state index in [2.05, 4.69) is 0 Å². The van der Waals surface area contributed by atoms with Gasteiger partial charge < -0.3 is 9.47 Å². The molecule has 3 rings (SSSR count). The molecule has 106 valence electrons. The van der Waals surface area contributed by atoms with Crippen molar-refractivity contribution < 1.29 is 19.1 Å². The van der Waals surface area contributed by atoms with Gasteiger partial charge in [-0.25, -0.2) is 0 Å². The number of benzene rings is 2. The summed E-state index contributed by atoms with van der Waals surface area (Å²) in [6, 6.07) is 12.0. The first-order valence-electron chi connectivity index (χ1n) is 6.64. The summed E-state index contributed by atoms with van der Waals surface area (Å²) in [6.45, 7) is 1.77. The second-order valence-electron chi connectivity index (χ2n) is 4.95. The molecule has 0 radical (unpaired) electrons. The van der Waals surface area contributed by atoms with Crippen molar-refractivity contribution in [3.05, 3.63) is 59.2 Å². The van der Waals surface area contributed by atoms with Gasteiger partial charge in [0, 0.05) is 16.7 Å². The van der Waals surface area contributed by atoms with Gasteiger partial charge in [0.15, 0.2) is 5.78 Å². The smallest absolute Gasteiger partial charge is 0.318 e. The molecule has 0 saturated carbocycles. The highest BCUT2D eigenvalue weighted by molar-refractivity contribution is 6.09. The molecule has 0 amide bonds.